The third-order valence-electron chi connectivity index (χ3n) is 3.24. The van der Waals surface area contributed by atoms with Gasteiger partial charge in [-0.3, -0.25) is 4.57 Å². The smallest absolute Gasteiger partial charge is 0.207 e. The van der Waals surface area contributed by atoms with E-state index in [4.69, 9.17) is 5.73 Å². The number of hydrogen-bond donors (Lipinski definition) is 1. The maximum absolute atomic E-state index is 6.07. The van der Waals surface area contributed by atoms with Crippen LogP contribution in [0.25, 0.3) is 16.9 Å². The zero-order chi connectivity index (χ0) is 13.4. The van der Waals surface area contributed by atoms with Gasteiger partial charge >= 0.3 is 0 Å². The summed E-state index contributed by atoms with van der Waals surface area (Å²) in [6.07, 6.45) is 1.76. The van der Waals surface area contributed by atoms with Crippen LogP contribution >= 0.6 is 0 Å². The topological polar surface area (TPSA) is 56.7 Å². The maximum atomic E-state index is 6.07. The zero-order valence-corrected chi connectivity index (χ0v) is 11.0. The molecule has 1 aromatic carbocycles. The summed E-state index contributed by atoms with van der Waals surface area (Å²) in [6.45, 7) is 4.34. The summed E-state index contributed by atoms with van der Waals surface area (Å²) in [5, 5.41) is 0. The Bertz CT molecular complexity index is 728. The van der Waals surface area contributed by atoms with Gasteiger partial charge in [-0.05, 0) is 29.7 Å². The Morgan fingerprint density at radius 1 is 1.11 bits per heavy atom. The molecular formula is C15H16N4. The fraction of sp³-hybridized carbons (Fsp3) is 0.200. The molecule has 0 saturated heterocycles. The third kappa shape index (κ3) is 1.85. The lowest BCUT2D eigenvalue weighted by Crippen LogP contribution is -2.05. The summed E-state index contributed by atoms with van der Waals surface area (Å²) in [4.78, 5) is 8.77. The van der Waals surface area contributed by atoms with Crippen molar-refractivity contribution < 1.29 is 0 Å². The lowest BCUT2D eigenvalue weighted by atomic mass is 10.0. The number of benzene rings is 1. The van der Waals surface area contributed by atoms with Crippen molar-refractivity contribution in [2.24, 2.45) is 0 Å². The summed E-state index contributed by atoms with van der Waals surface area (Å²) in [5.74, 6) is 0.888. The molecule has 0 radical (unpaired) electrons. The first kappa shape index (κ1) is 11.7. The van der Waals surface area contributed by atoms with Crippen molar-refractivity contribution in [2.75, 3.05) is 5.73 Å². The molecule has 0 saturated carbocycles. The monoisotopic (exact) mass is 252 g/mol. The van der Waals surface area contributed by atoms with Crippen LogP contribution in [0.15, 0.2) is 42.6 Å². The fourth-order valence-electron chi connectivity index (χ4n) is 2.35. The summed E-state index contributed by atoms with van der Waals surface area (Å²) in [5.41, 5.74) is 9.97. The van der Waals surface area contributed by atoms with Crippen molar-refractivity contribution >= 4 is 17.1 Å². The summed E-state index contributed by atoms with van der Waals surface area (Å²) in [7, 11) is 0. The molecule has 0 fully saturated rings. The minimum atomic E-state index is 0.414. The highest BCUT2D eigenvalue weighted by molar-refractivity contribution is 5.77. The van der Waals surface area contributed by atoms with Gasteiger partial charge in [0.05, 0.1) is 5.69 Å². The number of nitrogens with two attached hydrogens (primary N) is 1. The number of pyridine rings is 1. The normalized spacial score (nSPS) is 11.3. The Morgan fingerprint density at radius 2 is 1.89 bits per heavy atom. The minimum absolute atomic E-state index is 0.414. The van der Waals surface area contributed by atoms with E-state index in [1.54, 1.807) is 6.20 Å². The first-order valence-corrected chi connectivity index (χ1v) is 6.36. The van der Waals surface area contributed by atoms with Crippen LogP contribution in [0.3, 0.4) is 0 Å². The molecule has 0 atom stereocenters. The van der Waals surface area contributed by atoms with Gasteiger partial charge in [-0.1, -0.05) is 32.0 Å². The number of hydrogen-bond acceptors (Lipinski definition) is 3. The van der Waals surface area contributed by atoms with Crippen LogP contribution in [0, 0.1) is 0 Å². The average Bonchev–Trinajstić information content (AvgIpc) is 2.74. The number of imidazole rings is 1. The molecular weight excluding hydrogens is 236 g/mol. The number of aromatic nitrogens is 3. The van der Waals surface area contributed by atoms with Gasteiger partial charge in [0.25, 0.3) is 0 Å². The molecule has 2 heterocycles. The van der Waals surface area contributed by atoms with Crippen LogP contribution in [-0.4, -0.2) is 14.5 Å². The van der Waals surface area contributed by atoms with Crippen LogP contribution in [-0.2, 0) is 0 Å². The van der Waals surface area contributed by atoms with Gasteiger partial charge in [0.15, 0.2) is 5.65 Å². The first-order chi connectivity index (χ1) is 9.18. The van der Waals surface area contributed by atoms with Crippen molar-refractivity contribution in [3.8, 4) is 5.69 Å². The van der Waals surface area contributed by atoms with Crippen molar-refractivity contribution in [1.29, 1.82) is 0 Å². The molecule has 19 heavy (non-hydrogen) atoms. The van der Waals surface area contributed by atoms with Gasteiger partial charge in [0.2, 0.25) is 5.95 Å². The van der Waals surface area contributed by atoms with Gasteiger partial charge in [0.1, 0.15) is 5.52 Å². The predicted molar refractivity (Wildman–Crippen MR) is 77.4 cm³/mol. The van der Waals surface area contributed by atoms with Gasteiger partial charge in [0, 0.05) is 6.20 Å². The van der Waals surface area contributed by atoms with E-state index in [-0.39, 0.29) is 0 Å². The highest BCUT2D eigenvalue weighted by Crippen LogP contribution is 2.27. The molecule has 96 valence electrons. The molecule has 2 aromatic heterocycles. The minimum Gasteiger partial charge on any atom is -0.369 e. The van der Waals surface area contributed by atoms with E-state index < -0.39 is 0 Å². The van der Waals surface area contributed by atoms with Gasteiger partial charge < -0.3 is 5.73 Å². The number of para-hydroxylation sites is 1. The highest BCUT2D eigenvalue weighted by Gasteiger charge is 2.14. The Labute approximate surface area is 111 Å². The second-order valence-electron chi connectivity index (χ2n) is 4.87. The van der Waals surface area contributed by atoms with E-state index in [1.807, 2.05) is 28.8 Å². The maximum Gasteiger partial charge on any atom is 0.207 e. The summed E-state index contributed by atoms with van der Waals surface area (Å²) >= 11 is 0. The number of rotatable bonds is 2. The van der Waals surface area contributed by atoms with E-state index in [0.717, 1.165) is 16.9 Å². The van der Waals surface area contributed by atoms with Crippen molar-refractivity contribution in [1.82, 2.24) is 14.5 Å². The lowest BCUT2D eigenvalue weighted by molar-refractivity contribution is 0.850. The number of anilines is 1. The third-order valence-corrected chi connectivity index (χ3v) is 3.24. The number of fused-ring (bicyclic) bond motifs is 1. The number of nitrogen functional groups attached to an aromatic ring is 1. The molecule has 0 aliphatic carbocycles. The Kier molecular flexibility index (Phi) is 2.71. The molecule has 0 aliphatic rings. The Morgan fingerprint density at radius 3 is 2.68 bits per heavy atom. The Balaban J connectivity index is 2.33. The highest BCUT2D eigenvalue weighted by atomic mass is 15.2. The van der Waals surface area contributed by atoms with Crippen LogP contribution in [0.5, 0.6) is 0 Å². The average molecular weight is 252 g/mol. The summed E-state index contributed by atoms with van der Waals surface area (Å²) < 4.78 is 1.92. The van der Waals surface area contributed by atoms with E-state index in [2.05, 4.69) is 35.9 Å². The van der Waals surface area contributed by atoms with Crippen molar-refractivity contribution in [3.05, 3.63) is 48.2 Å². The lowest BCUT2D eigenvalue weighted by Gasteiger charge is -2.14. The van der Waals surface area contributed by atoms with Crippen LogP contribution in [0.1, 0.15) is 25.3 Å². The van der Waals surface area contributed by atoms with Crippen molar-refractivity contribution in [3.63, 3.8) is 0 Å². The predicted octanol–water partition coefficient (Wildman–Crippen LogP) is 3.13. The molecule has 3 aromatic rings. The molecule has 0 amide bonds. The van der Waals surface area contributed by atoms with E-state index in [9.17, 15) is 0 Å². The van der Waals surface area contributed by atoms with E-state index >= 15 is 0 Å². The van der Waals surface area contributed by atoms with Gasteiger partial charge in [-0.2, -0.15) is 0 Å². The first-order valence-electron chi connectivity index (χ1n) is 6.36. The largest absolute Gasteiger partial charge is 0.369 e. The SMILES string of the molecule is CC(C)c1ccccc1-n1c(N)nc2cccnc21. The van der Waals surface area contributed by atoms with E-state index in [1.165, 1.54) is 5.56 Å². The molecule has 4 heteroatoms. The molecule has 0 unspecified atom stereocenters. The Hall–Kier alpha value is -2.36. The van der Waals surface area contributed by atoms with Crippen molar-refractivity contribution in [2.45, 2.75) is 19.8 Å². The van der Waals surface area contributed by atoms with Crippen LogP contribution in [0.2, 0.25) is 0 Å². The van der Waals surface area contributed by atoms with Gasteiger partial charge in [-0.25, -0.2) is 9.97 Å². The summed E-state index contributed by atoms with van der Waals surface area (Å²) in [6, 6.07) is 12.0. The number of nitrogens with zero attached hydrogens (tertiary/aromatic N) is 3. The quantitative estimate of drug-likeness (QED) is 0.762. The molecule has 3 rings (SSSR count). The molecule has 0 bridgehead atoms. The molecule has 0 aliphatic heterocycles. The fourth-order valence-corrected chi connectivity index (χ4v) is 2.35. The second-order valence-corrected chi connectivity index (χ2v) is 4.87. The zero-order valence-electron chi connectivity index (χ0n) is 11.0. The van der Waals surface area contributed by atoms with Gasteiger partial charge in [-0.15, -0.1) is 0 Å². The molecule has 2 N–H and O–H groups in total. The van der Waals surface area contributed by atoms with Crippen LogP contribution in [0.4, 0.5) is 5.95 Å². The van der Waals surface area contributed by atoms with E-state index in [0.29, 0.717) is 11.9 Å². The molecule has 4 nitrogen and oxygen atoms in total. The molecule has 0 spiro atoms. The van der Waals surface area contributed by atoms with Crippen LogP contribution < -0.4 is 5.73 Å². The second kappa shape index (κ2) is 4.39. The standard InChI is InChI=1S/C15H16N4/c1-10(2)11-6-3-4-8-13(11)19-14-12(18-15(19)16)7-5-9-17-14/h3-10H,1-2H3,(H2,16,18).